The van der Waals surface area contributed by atoms with Gasteiger partial charge in [-0.25, -0.2) is 0 Å². The first-order chi connectivity index (χ1) is 6.36. The van der Waals surface area contributed by atoms with Crippen molar-refractivity contribution in [2.45, 2.75) is 13.3 Å². The van der Waals surface area contributed by atoms with Gasteiger partial charge >= 0.3 is 0 Å². The van der Waals surface area contributed by atoms with E-state index in [-0.39, 0.29) is 0 Å². The van der Waals surface area contributed by atoms with E-state index in [2.05, 4.69) is 42.2 Å². The molecule has 13 heavy (non-hydrogen) atoms. The average molecular weight is 171 g/mol. The van der Waals surface area contributed by atoms with Crippen LogP contribution < -0.4 is 0 Å². The monoisotopic (exact) mass is 171 g/mol. The number of H-pyrrole nitrogens is 1. The van der Waals surface area contributed by atoms with Gasteiger partial charge in [0.1, 0.15) is 0 Å². The van der Waals surface area contributed by atoms with Gasteiger partial charge in [-0.05, 0) is 24.1 Å². The lowest BCUT2D eigenvalue weighted by Gasteiger charge is -1.99. The largest absolute Gasteiger partial charge is 0.364 e. The molecular weight excluding hydrogens is 158 g/mol. The summed E-state index contributed by atoms with van der Waals surface area (Å²) >= 11 is 0. The van der Waals surface area contributed by atoms with Gasteiger partial charge in [0.2, 0.25) is 0 Å². The third-order valence-electron chi connectivity index (χ3n) is 2.29. The van der Waals surface area contributed by atoms with Gasteiger partial charge in [-0.1, -0.05) is 30.3 Å². The van der Waals surface area contributed by atoms with Crippen LogP contribution in [0.4, 0.5) is 0 Å². The Hall–Kier alpha value is -1.50. The normalized spacial score (nSPS) is 10.2. The molecule has 66 valence electrons. The Morgan fingerprint density at radius 3 is 2.46 bits per heavy atom. The molecule has 0 spiro atoms. The van der Waals surface area contributed by atoms with E-state index in [4.69, 9.17) is 0 Å². The zero-order chi connectivity index (χ0) is 9.10. The van der Waals surface area contributed by atoms with Crippen LogP contribution in [0.15, 0.2) is 42.6 Å². The van der Waals surface area contributed by atoms with Crippen LogP contribution in [0.2, 0.25) is 0 Å². The van der Waals surface area contributed by atoms with Crippen LogP contribution in [0.25, 0.3) is 0 Å². The van der Waals surface area contributed by atoms with Crippen LogP contribution in [0, 0.1) is 6.92 Å². The Bertz CT molecular complexity index is 373. The molecule has 0 unspecified atom stereocenters. The molecule has 0 fully saturated rings. The van der Waals surface area contributed by atoms with Crippen molar-refractivity contribution in [3.63, 3.8) is 0 Å². The van der Waals surface area contributed by atoms with Gasteiger partial charge in [0.15, 0.2) is 0 Å². The molecule has 1 N–H and O–H groups in total. The van der Waals surface area contributed by atoms with Crippen molar-refractivity contribution >= 4 is 0 Å². The lowest BCUT2D eigenvalue weighted by molar-refractivity contribution is 1.08. The van der Waals surface area contributed by atoms with Crippen molar-refractivity contribution in [3.8, 4) is 0 Å². The van der Waals surface area contributed by atoms with E-state index in [0.717, 1.165) is 6.42 Å². The van der Waals surface area contributed by atoms with Gasteiger partial charge in [0, 0.05) is 18.3 Å². The Labute approximate surface area is 78.4 Å². The molecule has 1 heteroatoms. The van der Waals surface area contributed by atoms with Gasteiger partial charge in [0.05, 0.1) is 0 Å². The number of aromatic amines is 1. The number of benzene rings is 1. The summed E-state index contributed by atoms with van der Waals surface area (Å²) in [6.07, 6.45) is 2.99. The lowest BCUT2D eigenvalue weighted by Crippen LogP contribution is -1.89. The van der Waals surface area contributed by atoms with Gasteiger partial charge < -0.3 is 4.98 Å². The summed E-state index contributed by atoms with van der Waals surface area (Å²) in [7, 11) is 0. The highest BCUT2D eigenvalue weighted by molar-refractivity contribution is 5.26. The molecule has 0 atom stereocenters. The first kappa shape index (κ1) is 8.11. The van der Waals surface area contributed by atoms with Crippen LogP contribution in [-0.2, 0) is 6.42 Å². The highest BCUT2D eigenvalue weighted by Crippen LogP contribution is 2.10. The summed E-state index contributed by atoms with van der Waals surface area (Å²) in [6, 6.07) is 12.6. The minimum absolute atomic E-state index is 1.000. The van der Waals surface area contributed by atoms with E-state index in [1.807, 2.05) is 12.3 Å². The van der Waals surface area contributed by atoms with Crippen molar-refractivity contribution in [1.82, 2.24) is 4.98 Å². The average Bonchev–Trinajstić information content (AvgIpc) is 2.54. The fraction of sp³-hybridized carbons (Fsp3) is 0.167. The summed E-state index contributed by atoms with van der Waals surface area (Å²) in [5.41, 5.74) is 4.00. The number of aromatic nitrogens is 1. The highest BCUT2D eigenvalue weighted by atomic mass is 14.7. The minimum atomic E-state index is 1.000. The maximum Gasteiger partial charge on any atom is 0.0221 e. The van der Waals surface area contributed by atoms with Gasteiger partial charge in [-0.3, -0.25) is 0 Å². The zero-order valence-corrected chi connectivity index (χ0v) is 7.75. The summed E-state index contributed by atoms with van der Waals surface area (Å²) < 4.78 is 0. The Balaban J connectivity index is 2.20. The maximum atomic E-state index is 3.25. The van der Waals surface area contributed by atoms with Crippen LogP contribution >= 0.6 is 0 Å². The summed E-state index contributed by atoms with van der Waals surface area (Å²) in [4.78, 5) is 3.25. The van der Waals surface area contributed by atoms with Crippen LogP contribution in [0.3, 0.4) is 0 Å². The second kappa shape index (κ2) is 3.48. The van der Waals surface area contributed by atoms with Crippen molar-refractivity contribution in [1.29, 1.82) is 0 Å². The molecular formula is C12H13N. The summed E-state index contributed by atoms with van der Waals surface area (Å²) in [6.45, 7) is 2.13. The Morgan fingerprint density at radius 1 is 1.08 bits per heavy atom. The number of nitrogens with one attached hydrogen (secondary N) is 1. The molecule has 0 saturated carbocycles. The summed E-state index contributed by atoms with van der Waals surface area (Å²) in [5, 5.41) is 0. The molecule has 0 radical (unpaired) electrons. The third-order valence-corrected chi connectivity index (χ3v) is 2.29. The third kappa shape index (κ3) is 1.81. The predicted octanol–water partition coefficient (Wildman–Crippen LogP) is 2.91. The molecule has 0 amide bonds. The van der Waals surface area contributed by atoms with E-state index in [1.165, 1.54) is 16.8 Å². The van der Waals surface area contributed by atoms with Gasteiger partial charge in [0.25, 0.3) is 0 Å². The fourth-order valence-corrected chi connectivity index (χ4v) is 1.47. The Kier molecular flexibility index (Phi) is 2.17. The molecule has 1 aromatic heterocycles. The maximum absolute atomic E-state index is 3.25. The van der Waals surface area contributed by atoms with E-state index < -0.39 is 0 Å². The van der Waals surface area contributed by atoms with Crippen LogP contribution in [-0.4, -0.2) is 4.98 Å². The molecule has 0 aliphatic carbocycles. The van der Waals surface area contributed by atoms with E-state index >= 15 is 0 Å². The Morgan fingerprint density at radius 2 is 1.85 bits per heavy atom. The molecule has 2 aromatic rings. The molecule has 1 nitrogen and oxygen atoms in total. The molecule has 1 heterocycles. The SMILES string of the molecule is Cc1cc[nH]c1Cc1ccccc1. The molecule has 1 aromatic carbocycles. The fourth-order valence-electron chi connectivity index (χ4n) is 1.47. The zero-order valence-electron chi connectivity index (χ0n) is 7.75. The minimum Gasteiger partial charge on any atom is -0.364 e. The number of aryl methyl sites for hydroxylation is 1. The van der Waals surface area contributed by atoms with Crippen LogP contribution in [0.5, 0.6) is 0 Å². The molecule has 0 aliphatic heterocycles. The summed E-state index contributed by atoms with van der Waals surface area (Å²) in [5.74, 6) is 0. The van der Waals surface area contributed by atoms with Gasteiger partial charge in [-0.15, -0.1) is 0 Å². The standard InChI is InChI=1S/C12H13N/c1-10-7-8-13-12(10)9-11-5-3-2-4-6-11/h2-8,13H,9H2,1H3. The highest BCUT2D eigenvalue weighted by Gasteiger charge is 1.99. The number of hydrogen-bond donors (Lipinski definition) is 1. The van der Waals surface area contributed by atoms with Crippen molar-refractivity contribution < 1.29 is 0 Å². The van der Waals surface area contributed by atoms with E-state index in [0.29, 0.717) is 0 Å². The number of rotatable bonds is 2. The molecule has 2 rings (SSSR count). The van der Waals surface area contributed by atoms with E-state index in [9.17, 15) is 0 Å². The first-order valence-electron chi connectivity index (χ1n) is 4.53. The van der Waals surface area contributed by atoms with Crippen molar-refractivity contribution in [2.24, 2.45) is 0 Å². The first-order valence-corrected chi connectivity index (χ1v) is 4.53. The molecule has 0 saturated heterocycles. The van der Waals surface area contributed by atoms with E-state index in [1.54, 1.807) is 0 Å². The van der Waals surface area contributed by atoms with Crippen molar-refractivity contribution in [3.05, 3.63) is 59.4 Å². The second-order valence-corrected chi connectivity index (χ2v) is 3.30. The second-order valence-electron chi connectivity index (χ2n) is 3.30. The smallest absolute Gasteiger partial charge is 0.0221 e. The number of hydrogen-bond acceptors (Lipinski definition) is 0. The molecule has 0 aliphatic rings. The van der Waals surface area contributed by atoms with Crippen LogP contribution in [0.1, 0.15) is 16.8 Å². The predicted molar refractivity (Wildman–Crippen MR) is 54.8 cm³/mol. The van der Waals surface area contributed by atoms with Gasteiger partial charge in [-0.2, -0.15) is 0 Å². The van der Waals surface area contributed by atoms with Crippen molar-refractivity contribution in [2.75, 3.05) is 0 Å². The molecule has 0 bridgehead atoms. The quantitative estimate of drug-likeness (QED) is 0.715. The topological polar surface area (TPSA) is 15.8 Å². The lowest BCUT2D eigenvalue weighted by atomic mass is 10.1.